The van der Waals surface area contributed by atoms with Crippen molar-refractivity contribution in [2.75, 3.05) is 0 Å². The number of carbonyl (C=O) groups excluding carboxylic acids is 1. The number of hydrazone groups is 1. The molecule has 0 radical (unpaired) electrons. The van der Waals surface area contributed by atoms with Gasteiger partial charge in [0.05, 0.1) is 11.4 Å². The Hall–Kier alpha value is -3.48. The molecule has 7 nitrogen and oxygen atoms in total. The Bertz CT molecular complexity index is 945. The second kappa shape index (κ2) is 6.20. The van der Waals surface area contributed by atoms with Crippen molar-refractivity contribution in [1.29, 1.82) is 0 Å². The number of aromatic nitrogens is 3. The van der Waals surface area contributed by atoms with Crippen molar-refractivity contribution in [3.05, 3.63) is 60.3 Å². The molecule has 3 aromatic rings. The third-order valence-corrected chi connectivity index (χ3v) is 3.98. The number of aromatic hydroxyl groups is 1. The molecule has 1 aliphatic rings. The van der Waals surface area contributed by atoms with Crippen molar-refractivity contribution in [3.8, 4) is 23.0 Å². The Morgan fingerprint density at radius 2 is 1.84 bits per heavy atom. The Morgan fingerprint density at radius 3 is 2.52 bits per heavy atom. The molecule has 0 fully saturated rings. The minimum atomic E-state index is -0.0593. The van der Waals surface area contributed by atoms with Crippen molar-refractivity contribution in [2.24, 2.45) is 5.10 Å². The monoisotopic (exact) mass is 333 g/mol. The maximum atomic E-state index is 11.2. The molecule has 0 bridgehead atoms. The van der Waals surface area contributed by atoms with E-state index in [4.69, 9.17) is 0 Å². The van der Waals surface area contributed by atoms with Gasteiger partial charge < -0.3 is 5.11 Å². The number of hydrogen-bond donors (Lipinski definition) is 2. The number of rotatable bonds is 3. The van der Waals surface area contributed by atoms with Crippen LogP contribution in [-0.4, -0.2) is 31.5 Å². The largest absolute Gasteiger partial charge is 0.493 e. The van der Waals surface area contributed by atoms with Gasteiger partial charge in [-0.2, -0.15) is 14.9 Å². The van der Waals surface area contributed by atoms with Crippen LogP contribution < -0.4 is 5.43 Å². The number of nitrogens with zero attached hydrogens (tertiary/aromatic N) is 4. The summed E-state index contributed by atoms with van der Waals surface area (Å²) >= 11 is 0. The third kappa shape index (κ3) is 2.99. The van der Waals surface area contributed by atoms with E-state index in [0.717, 1.165) is 16.8 Å². The van der Waals surface area contributed by atoms with Crippen LogP contribution in [0, 0.1) is 0 Å². The first kappa shape index (κ1) is 15.1. The van der Waals surface area contributed by atoms with Crippen LogP contribution in [-0.2, 0) is 4.79 Å². The van der Waals surface area contributed by atoms with Crippen molar-refractivity contribution >= 4 is 11.6 Å². The van der Waals surface area contributed by atoms with Crippen LogP contribution in [0.1, 0.15) is 18.4 Å². The predicted molar refractivity (Wildman–Crippen MR) is 92.4 cm³/mol. The highest BCUT2D eigenvalue weighted by Crippen LogP contribution is 2.25. The molecule has 7 heteroatoms. The fourth-order valence-corrected chi connectivity index (χ4v) is 2.68. The SMILES string of the molecule is O=C1CCC(c2ccc(-c3cc(O)n(-c4ccccn4)n3)cc2)=NN1. The molecule has 0 aliphatic carbocycles. The van der Waals surface area contributed by atoms with Crippen LogP contribution in [0.3, 0.4) is 0 Å². The van der Waals surface area contributed by atoms with E-state index in [2.05, 4.69) is 20.6 Å². The zero-order chi connectivity index (χ0) is 17.2. The van der Waals surface area contributed by atoms with E-state index in [-0.39, 0.29) is 11.8 Å². The summed E-state index contributed by atoms with van der Waals surface area (Å²) in [5.74, 6) is 0.517. The summed E-state index contributed by atoms with van der Waals surface area (Å²) in [5.41, 5.74) is 5.83. The Labute approximate surface area is 143 Å². The van der Waals surface area contributed by atoms with Crippen molar-refractivity contribution in [3.63, 3.8) is 0 Å². The summed E-state index contributed by atoms with van der Waals surface area (Å²) < 4.78 is 1.39. The lowest BCUT2D eigenvalue weighted by Gasteiger charge is -2.12. The van der Waals surface area contributed by atoms with Crippen LogP contribution in [0.2, 0.25) is 0 Å². The Balaban J connectivity index is 1.62. The smallest absolute Gasteiger partial charge is 0.240 e. The highest BCUT2D eigenvalue weighted by atomic mass is 16.3. The van der Waals surface area contributed by atoms with Crippen molar-refractivity contribution in [2.45, 2.75) is 12.8 Å². The molecule has 0 saturated carbocycles. The lowest BCUT2D eigenvalue weighted by Crippen LogP contribution is -2.25. The lowest BCUT2D eigenvalue weighted by molar-refractivity contribution is -0.121. The van der Waals surface area contributed by atoms with Gasteiger partial charge in [-0.15, -0.1) is 0 Å². The first-order chi connectivity index (χ1) is 12.2. The van der Waals surface area contributed by atoms with Gasteiger partial charge in [0.15, 0.2) is 5.82 Å². The molecule has 2 N–H and O–H groups in total. The second-order valence-electron chi connectivity index (χ2n) is 5.66. The number of amides is 1. The first-order valence-electron chi connectivity index (χ1n) is 7.87. The predicted octanol–water partition coefficient (Wildman–Crippen LogP) is 2.25. The van der Waals surface area contributed by atoms with Gasteiger partial charge in [0.1, 0.15) is 0 Å². The van der Waals surface area contributed by atoms with Gasteiger partial charge in [0.2, 0.25) is 11.8 Å². The molecule has 0 unspecified atom stereocenters. The third-order valence-electron chi connectivity index (χ3n) is 3.98. The summed E-state index contributed by atoms with van der Waals surface area (Å²) in [5, 5.41) is 18.6. The molecule has 0 spiro atoms. The molecular formula is C18H15N5O2. The van der Waals surface area contributed by atoms with Crippen LogP contribution >= 0.6 is 0 Å². The zero-order valence-electron chi connectivity index (χ0n) is 13.3. The van der Waals surface area contributed by atoms with Crippen LogP contribution in [0.5, 0.6) is 5.88 Å². The fourth-order valence-electron chi connectivity index (χ4n) is 2.68. The summed E-state index contributed by atoms with van der Waals surface area (Å²) in [6.07, 6.45) is 2.72. The second-order valence-corrected chi connectivity index (χ2v) is 5.66. The number of nitrogens with one attached hydrogen (secondary N) is 1. The average molecular weight is 333 g/mol. The molecular weight excluding hydrogens is 318 g/mol. The standard InChI is InChI=1S/C18H15N5O2/c24-17-9-8-14(20-21-17)12-4-6-13(7-5-12)15-11-18(25)23(22-15)16-3-1-2-10-19-16/h1-7,10-11,25H,8-9H2,(H,21,24). The molecule has 0 saturated heterocycles. The van der Waals surface area contributed by atoms with Gasteiger partial charge in [-0.3, -0.25) is 4.79 Å². The molecule has 3 heterocycles. The highest BCUT2D eigenvalue weighted by Gasteiger charge is 2.14. The summed E-state index contributed by atoms with van der Waals surface area (Å²) in [6.45, 7) is 0. The van der Waals surface area contributed by atoms with Gasteiger partial charge in [0.25, 0.3) is 0 Å². The normalized spacial score (nSPS) is 14.1. The molecule has 1 aromatic carbocycles. The van der Waals surface area contributed by atoms with Gasteiger partial charge >= 0.3 is 0 Å². The van der Waals surface area contributed by atoms with E-state index < -0.39 is 0 Å². The minimum Gasteiger partial charge on any atom is -0.493 e. The molecule has 4 rings (SSSR count). The zero-order valence-corrected chi connectivity index (χ0v) is 13.3. The minimum absolute atomic E-state index is 0.0251. The van der Waals surface area contributed by atoms with Gasteiger partial charge in [-0.1, -0.05) is 30.3 Å². The van der Waals surface area contributed by atoms with E-state index in [0.29, 0.717) is 24.4 Å². The molecule has 1 amide bonds. The number of carbonyl (C=O) groups is 1. The molecule has 124 valence electrons. The van der Waals surface area contributed by atoms with E-state index in [1.54, 1.807) is 24.4 Å². The molecule has 2 aromatic heterocycles. The van der Waals surface area contributed by atoms with Gasteiger partial charge in [-0.25, -0.2) is 10.4 Å². The summed E-state index contributed by atoms with van der Waals surface area (Å²) in [7, 11) is 0. The highest BCUT2D eigenvalue weighted by molar-refractivity contribution is 6.04. The Kier molecular flexibility index (Phi) is 3.74. The van der Waals surface area contributed by atoms with E-state index in [9.17, 15) is 9.90 Å². The van der Waals surface area contributed by atoms with Crippen molar-refractivity contribution < 1.29 is 9.90 Å². The Morgan fingerprint density at radius 1 is 1.04 bits per heavy atom. The fraction of sp³-hybridized carbons (Fsp3) is 0.111. The topological polar surface area (TPSA) is 92.4 Å². The van der Waals surface area contributed by atoms with E-state index >= 15 is 0 Å². The van der Waals surface area contributed by atoms with Crippen LogP contribution in [0.15, 0.2) is 59.8 Å². The average Bonchev–Trinajstić information content (AvgIpc) is 3.05. The number of benzene rings is 1. The molecule has 1 aliphatic heterocycles. The molecule has 0 atom stereocenters. The van der Waals surface area contributed by atoms with Crippen molar-refractivity contribution in [1.82, 2.24) is 20.2 Å². The quantitative estimate of drug-likeness (QED) is 0.769. The van der Waals surface area contributed by atoms with Gasteiger partial charge in [0, 0.05) is 30.7 Å². The van der Waals surface area contributed by atoms with Crippen LogP contribution in [0.25, 0.3) is 17.1 Å². The maximum absolute atomic E-state index is 11.2. The van der Waals surface area contributed by atoms with E-state index in [1.165, 1.54) is 4.68 Å². The molecule has 25 heavy (non-hydrogen) atoms. The van der Waals surface area contributed by atoms with E-state index in [1.807, 2.05) is 30.3 Å². The summed E-state index contributed by atoms with van der Waals surface area (Å²) in [6, 6.07) is 14.7. The first-order valence-corrected chi connectivity index (χ1v) is 7.87. The van der Waals surface area contributed by atoms with Crippen LogP contribution in [0.4, 0.5) is 0 Å². The number of pyridine rings is 1. The lowest BCUT2D eigenvalue weighted by atomic mass is 10.0. The maximum Gasteiger partial charge on any atom is 0.240 e. The number of hydrogen-bond acceptors (Lipinski definition) is 5. The summed E-state index contributed by atoms with van der Waals surface area (Å²) in [4.78, 5) is 15.4. The van der Waals surface area contributed by atoms with Gasteiger partial charge in [-0.05, 0) is 17.7 Å².